The molecule has 3 heteroatoms. The van der Waals surface area contributed by atoms with Crippen LogP contribution in [-0.2, 0) is 0 Å². The molecule has 0 radical (unpaired) electrons. The molecular weight excluding hydrogens is 270 g/mol. The van der Waals surface area contributed by atoms with Gasteiger partial charge in [0.05, 0.1) is 0 Å². The molecule has 3 nitrogen and oxygen atoms in total. The van der Waals surface area contributed by atoms with E-state index in [1.54, 1.807) is 0 Å². The van der Waals surface area contributed by atoms with Crippen LogP contribution >= 0.6 is 0 Å². The van der Waals surface area contributed by atoms with Crippen molar-refractivity contribution in [2.75, 3.05) is 0 Å². The Morgan fingerprint density at radius 1 is 0.682 bits per heavy atom. The van der Waals surface area contributed by atoms with Crippen LogP contribution < -0.4 is 0 Å². The summed E-state index contributed by atoms with van der Waals surface area (Å²) in [5.41, 5.74) is 5.40. The second-order valence-corrected chi connectivity index (χ2v) is 5.32. The number of aromatic nitrogens is 3. The summed E-state index contributed by atoms with van der Waals surface area (Å²) in [6.45, 7) is 2.03. The van der Waals surface area contributed by atoms with Gasteiger partial charge in [0.25, 0.3) is 0 Å². The van der Waals surface area contributed by atoms with Crippen LogP contribution in [0.15, 0.2) is 72.8 Å². The zero-order valence-electron chi connectivity index (χ0n) is 12.3. The number of rotatable bonds is 2. The van der Waals surface area contributed by atoms with Gasteiger partial charge in [0, 0.05) is 11.3 Å². The van der Waals surface area contributed by atoms with E-state index in [1.807, 2.05) is 35.7 Å². The SMILES string of the molecule is Cc1cccc2nc(-c3ccc(-c4ccccc4)cc3)nn12. The summed E-state index contributed by atoms with van der Waals surface area (Å²) in [4.78, 5) is 4.60. The van der Waals surface area contributed by atoms with Crippen LogP contribution in [0.4, 0.5) is 0 Å². The number of nitrogens with zero attached hydrogens (tertiary/aromatic N) is 3. The Morgan fingerprint density at radius 3 is 2.09 bits per heavy atom. The van der Waals surface area contributed by atoms with Crippen molar-refractivity contribution in [1.29, 1.82) is 0 Å². The molecule has 0 unspecified atom stereocenters. The topological polar surface area (TPSA) is 30.2 Å². The second kappa shape index (κ2) is 5.11. The number of pyridine rings is 1. The molecule has 2 heterocycles. The van der Waals surface area contributed by atoms with Gasteiger partial charge in [-0.25, -0.2) is 9.50 Å². The molecule has 0 spiro atoms. The number of aryl methyl sites for hydroxylation is 1. The van der Waals surface area contributed by atoms with E-state index in [2.05, 4.69) is 58.6 Å². The zero-order valence-corrected chi connectivity index (χ0v) is 12.3. The minimum atomic E-state index is 0.758. The van der Waals surface area contributed by atoms with Crippen molar-refractivity contribution in [3.63, 3.8) is 0 Å². The lowest BCUT2D eigenvalue weighted by Crippen LogP contribution is -1.91. The predicted octanol–water partition coefficient (Wildman–Crippen LogP) is 4.37. The van der Waals surface area contributed by atoms with E-state index in [-0.39, 0.29) is 0 Å². The van der Waals surface area contributed by atoms with E-state index in [9.17, 15) is 0 Å². The van der Waals surface area contributed by atoms with Crippen LogP contribution in [0.5, 0.6) is 0 Å². The molecule has 0 amide bonds. The molecule has 2 aromatic carbocycles. The highest BCUT2D eigenvalue weighted by Gasteiger charge is 2.07. The minimum Gasteiger partial charge on any atom is -0.218 e. The van der Waals surface area contributed by atoms with Crippen LogP contribution in [0.25, 0.3) is 28.2 Å². The summed E-state index contributed by atoms with van der Waals surface area (Å²) in [6.07, 6.45) is 0. The Kier molecular flexibility index (Phi) is 2.97. The van der Waals surface area contributed by atoms with Crippen molar-refractivity contribution in [1.82, 2.24) is 14.6 Å². The molecule has 0 aliphatic heterocycles. The summed E-state index contributed by atoms with van der Waals surface area (Å²) in [5.74, 6) is 0.758. The van der Waals surface area contributed by atoms with Gasteiger partial charge in [-0.15, -0.1) is 5.10 Å². The van der Waals surface area contributed by atoms with Gasteiger partial charge in [-0.3, -0.25) is 0 Å². The molecule has 0 aliphatic rings. The highest BCUT2D eigenvalue weighted by molar-refractivity contribution is 5.68. The minimum absolute atomic E-state index is 0.758. The van der Waals surface area contributed by atoms with E-state index in [1.165, 1.54) is 11.1 Å². The van der Waals surface area contributed by atoms with Gasteiger partial charge >= 0.3 is 0 Å². The van der Waals surface area contributed by atoms with Gasteiger partial charge in [0.2, 0.25) is 0 Å². The van der Waals surface area contributed by atoms with E-state index < -0.39 is 0 Å². The summed E-state index contributed by atoms with van der Waals surface area (Å²) in [5, 5.41) is 4.59. The summed E-state index contributed by atoms with van der Waals surface area (Å²) >= 11 is 0. The third-order valence-electron chi connectivity index (χ3n) is 3.80. The van der Waals surface area contributed by atoms with Gasteiger partial charge < -0.3 is 0 Å². The summed E-state index contributed by atoms with van der Waals surface area (Å²) in [7, 11) is 0. The van der Waals surface area contributed by atoms with Crippen LogP contribution in [0, 0.1) is 6.92 Å². The highest BCUT2D eigenvalue weighted by Crippen LogP contribution is 2.23. The molecule has 0 N–H and O–H groups in total. The summed E-state index contributed by atoms with van der Waals surface area (Å²) < 4.78 is 1.88. The summed E-state index contributed by atoms with van der Waals surface area (Å²) in [6, 6.07) is 24.7. The molecule has 4 rings (SSSR count). The molecule has 0 fully saturated rings. The van der Waals surface area contributed by atoms with Gasteiger partial charge in [-0.2, -0.15) is 0 Å². The fraction of sp³-hybridized carbons (Fsp3) is 0.0526. The van der Waals surface area contributed by atoms with E-state index >= 15 is 0 Å². The second-order valence-electron chi connectivity index (χ2n) is 5.32. The lowest BCUT2D eigenvalue weighted by atomic mass is 10.0. The lowest BCUT2D eigenvalue weighted by Gasteiger charge is -2.02. The normalized spacial score (nSPS) is 11.0. The smallest absolute Gasteiger partial charge is 0.182 e. The van der Waals surface area contributed by atoms with E-state index in [4.69, 9.17) is 0 Å². The van der Waals surface area contributed by atoms with Crippen LogP contribution in [0.1, 0.15) is 5.69 Å². The first-order chi connectivity index (χ1) is 10.8. The maximum Gasteiger partial charge on any atom is 0.182 e. The number of hydrogen-bond donors (Lipinski definition) is 0. The molecule has 0 aliphatic carbocycles. The average molecular weight is 285 g/mol. The first-order valence-electron chi connectivity index (χ1n) is 7.29. The monoisotopic (exact) mass is 285 g/mol. The third kappa shape index (κ3) is 2.17. The molecule has 0 atom stereocenters. The predicted molar refractivity (Wildman–Crippen MR) is 88.6 cm³/mol. The number of hydrogen-bond acceptors (Lipinski definition) is 2. The maximum absolute atomic E-state index is 4.60. The fourth-order valence-corrected chi connectivity index (χ4v) is 2.60. The average Bonchev–Trinajstić information content (AvgIpc) is 3.02. The number of fused-ring (bicyclic) bond motifs is 1. The van der Waals surface area contributed by atoms with Gasteiger partial charge in [0.1, 0.15) is 0 Å². The maximum atomic E-state index is 4.60. The van der Waals surface area contributed by atoms with Gasteiger partial charge in [0.15, 0.2) is 11.5 Å². The number of benzene rings is 2. The highest BCUT2D eigenvalue weighted by atomic mass is 15.3. The third-order valence-corrected chi connectivity index (χ3v) is 3.80. The Balaban J connectivity index is 1.74. The Morgan fingerprint density at radius 2 is 1.36 bits per heavy atom. The van der Waals surface area contributed by atoms with Crippen molar-refractivity contribution >= 4 is 5.65 Å². The molecule has 0 bridgehead atoms. The van der Waals surface area contributed by atoms with Crippen LogP contribution in [0.2, 0.25) is 0 Å². The van der Waals surface area contributed by atoms with Gasteiger partial charge in [-0.05, 0) is 30.2 Å². The molecule has 22 heavy (non-hydrogen) atoms. The largest absolute Gasteiger partial charge is 0.218 e. The lowest BCUT2D eigenvalue weighted by molar-refractivity contribution is 0.918. The molecular formula is C19H15N3. The first kappa shape index (κ1) is 12.8. The molecule has 4 aromatic rings. The Bertz CT molecular complexity index is 922. The van der Waals surface area contributed by atoms with Gasteiger partial charge in [-0.1, -0.05) is 60.7 Å². The molecule has 2 aromatic heterocycles. The van der Waals surface area contributed by atoms with Crippen molar-refractivity contribution < 1.29 is 0 Å². The van der Waals surface area contributed by atoms with Crippen molar-refractivity contribution in [2.45, 2.75) is 6.92 Å². The Labute approximate surface area is 128 Å². The standard InChI is InChI=1S/C19H15N3/c1-14-6-5-9-18-20-19(21-22(14)18)17-12-10-16(11-13-17)15-7-3-2-4-8-15/h2-13H,1H3. The van der Waals surface area contributed by atoms with Crippen LogP contribution in [0.3, 0.4) is 0 Å². The fourth-order valence-electron chi connectivity index (χ4n) is 2.60. The van der Waals surface area contributed by atoms with Crippen molar-refractivity contribution in [3.8, 4) is 22.5 Å². The zero-order chi connectivity index (χ0) is 14.9. The van der Waals surface area contributed by atoms with E-state index in [0.29, 0.717) is 0 Å². The quantitative estimate of drug-likeness (QED) is 0.547. The van der Waals surface area contributed by atoms with E-state index in [0.717, 1.165) is 22.7 Å². The molecule has 0 saturated heterocycles. The van der Waals surface area contributed by atoms with Crippen molar-refractivity contribution in [3.05, 3.63) is 78.5 Å². The van der Waals surface area contributed by atoms with Crippen molar-refractivity contribution in [2.24, 2.45) is 0 Å². The Hall–Kier alpha value is -2.94. The molecule has 0 saturated carbocycles. The van der Waals surface area contributed by atoms with Crippen LogP contribution in [-0.4, -0.2) is 14.6 Å². The first-order valence-corrected chi connectivity index (χ1v) is 7.29. The molecule has 106 valence electrons.